The Morgan fingerprint density at radius 1 is 0.872 bits per heavy atom. The minimum Gasteiger partial charge on any atom is -0.512 e. The van der Waals surface area contributed by atoms with E-state index < -0.39 is 29.4 Å². The van der Waals surface area contributed by atoms with E-state index in [1.54, 1.807) is 27.7 Å². The summed E-state index contributed by atoms with van der Waals surface area (Å²) in [6.45, 7) is 6.95. The smallest absolute Gasteiger partial charge is 0.239 e. The summed E-state index contributed by atoms with van der Waals surface area (Å²) < 4.78 is 36.5. The van der Waals surface area contributed by atoms with Gasteiger partial charge >= 0.3 is 0 Å². The molecule has 7 heteroatoms. The maximum atomic E-state index is 12.1. The van der Waals surface area contributed by atoms with Crippen molar-refractivity contribution >= 4 is 39.7 Å². The third-order valence-corrected chi connectivity index (χ3v) is 8.75. The molecule has 0 amide bonds. The van der Waals surface area contributed by atoms with E-state index in [2.05, 4.69) is 48.5 Å². The molecular weight excluding hydrogens is 761 g/mol. The second-order valence-electron chi connectivity index (χ2n) is 11.3. The summed E-state index contributed by atoms with van der Waals surface area (Å²) in [7, 11) is 0. The molecule has 0 saturated carbocycles. The first-order chi connectivity index (χ1) is 23.6. The van der Waals surface area contributed by atoms with Crippen molar-refractivity contribution in [3.8, 4) is 34.3 Å². The topological polar surface area (TPSA) is 68.7 Å². The van der Waals surface area contributed by atoms with Gasteiger partial charge in [0.05, 0.1) is 7.13 Å². The van der Waals surface area contributed by atoms with Crippen LogP contribution in [0.1, 0.15) is 57.5 Å². The van der Waals surface area contributed by atoms with Crippen molar-refractivity contribution in [1.29, 1.82) is 0 Å². The van der Waals surface area contributed by atoms with Gasteiger partial charge in [-0.05, 0) is 65.2 Å². The van der Waals surface area contributed by atoms with Crippen LogP contribution in [-0.2, 0) is 24.9 Å². The maximum absolute atomic E-state index is 12.1. The molecule has 2 aliphatic heterocycles. The number of aromatic nitrogens is 1. The van der Waals surface area contributed by atoms with Gasteiger partial charge in [-0.1, -0.05) is 105 Å². The number of pyridine rings is 1. The Bertz CT molecular complexity index is 2070. The summed E-state index contributed by atoms with van der Waals surface area (Å²) in [6.07, 6.45) is 3.15. The van der Waals surface area contributed by atoms with Crippen LogP contribution in [0.4, 0.5) is 0 Å². The average Bonchev–Trinajstić information content (AvgIpc) is 3.16. The van der Waals surface area contributed by atoms with Gasteiger partial charge in [-0.15, -0.1) is 12.1 Å². The zero-order valence-electron chi connectivity index (χ0n) is 30.0. The zero-order chi connectivity index (χ0) is 34.9. The molecule has 1 N–H and O–H groups in total. The third kappa shape index (κ3) is 6.79. The Balaban J connectivity index is 0.000000223. The van der Waals surface area contributed by atoms with Crippen LogP contribution in [0.15, 0.2) is 103 Å². The van der Waals surface area contributed by atoms with Crippen LogP contribution in [0.25, 0.3) is 22.0 Å². The van der Waals surface area contributed by atoms with Gasteiger partial charge in [-0.25, -0.2) is 0 Å². The van der Waals surface area contributed by atoms with Crippen LogP contribution in [0.5, 0.6) is 23.0 Å². The Morgan fingerprint density at radius 2 is 1.45 bits per heavy atom. The van der Waals surface area contributed by atoms with E-state index in [-0.39, 0.29) is 26.8 Å². The number of nitrogens with zero attached hydrogens (tertiary/aromatic N) is 1. The van der Waals surface area contributed by atoms with E-state index in [0.717, 1.165) is 61.4 Å². The fourth-order valence-corrected chi connectivity index (χ4v) is 6.17. The molecule has 0 fully saturated rings. The molecule has 241 valence electrons. The molecule has 0 aliphatic carbocycles. The number of ketones is 1. The summed E-state index contributed by atoms with van der Waals surface area (Å²) >= 11 is 0. The predicted molar refractivity (Wildman–Crippen MR) is 188 cm³/mol. The summed E-state index contributed by atoms with van der Waals surface area (Å²) in [4.78, 5) is 16.8. The number of fused-ring (bicyclic) bond motifs is 5. The Labute approximate surface area is 295 Å². The largest absolute Gasteiger partial charge is 0.512 e. The van der Waals surface area contributed by atoms with Crippen molar-refractivity contribution in [3.63, 3.8) is 0 Å². The molecule has 4 aromatic carbocycles. The third-order valence-electron chi connectivity index (χ3n) is 8.75. The van der Waals surface area contributed by atoms with Gasteiger partial charge in [0.1, 0.15) is 11.5 Å². The van der Waals surface area contributed by atoms with Crippen molar-refractivity contribution in [2.45, 2.75) is 53.4 Å². The molecule has 2 aliphatic rings. The van der Waals surface area contributed by atoms with Crippen molar-refractivity contribution in [2.75, 3.05) is 0 Å². The van der Waals surface area contributed by atoms with Gasteiger partial charge < -0.3 is 19.6 Å². The molecule has 5 aromatic rings. The number of hydrogen-bond acceptors (Lipinski definition) is 5. The number of carbonyl (C=O) groups excluding carboxylic acids is 1. The first-order valence-corrected chi connectivity index (χ1v) is 16.0. The molecule has 0 spiro atoms. The quantitative estimate of drug-likeness (QED) is 0.0726. The average molecular weight is 804 g/mol. The first-order valence-electron chi connectivity index (χ1n) is 17.5. The molecule has 0 unspecified atom stereocenters. The zero-order valence-corrected chi connectivity index (χ0v) is 29.4. The predicted octanol–water partition coefficient (Wildman–Crippen LogP) is 8.30. The van der Waals surface area contributed by atoms with Crippen LogP contribution in [-0.4, -0.2) is 22.6 Å². The Kier molecular flexibility index (Phi) is 9.72. The van der Waals surface area contributed by atoms with Crippen molar-refractivity contribution in [3.05, 3.63) is 109 Å². The molecular formula is C40H39BIrNO4-. The molecule has 47 heavy (non-hydrogen) atoms. The van der Waals surface area contributed by atoms with Crippen LogP contribution in [0.3, 0.4) is 0 Å². The number of aliphatic hydroxyl groups excluding tert-OH is 1. The molecule has 0 atom stereocenters. The summed E-state index contributed by atoms with van der Waals surface area (Å²) in [5.74, 6) is -0.546. The Morgan fingerprint density at radius 3 is 2.09 bits per heavy atom. The van der Waals surface area contributed by atoms with E-state index in [1.165, 1.54) is 0 Å². The maximum Gasteiger partial charge on any atom is 0.239 e. The standard InChI is InChI=1S/C27H15BNO2.C13H24O2.Ir/c1-2-8-18-16-29-22(15-17(18)7-1)19-13-14-25-26-27(19)31-24-12-6-4-10-21(24)28(26)20-9-3-5-11-23(20)30-25;1-5-10(6-2)12(14)9-13(15)11(7-3)8-4;/h1-12,14-16H;9-11,14H,5-8H2,1-4H3;/q-1;;/b;12-9-;/i;9D,10D,11D;. The molecule has 0 saturated heterocycles. The number of rotatable bonds is 8. The normalized spacial score (nSPS) is 14.1. The van der Waals surface area contributed by atoms with Gasteiger partial charge in [0, 0.05) is 58.4 Å². The van der Waals surface area contributed by atoms with Gasteiger partial charge in [0.15, 0.2) is 5.78 Å². The van der Waals surface area contributed by atoms with Crippen molar-refractivity contribution in [1.82, 2.24) is 4.98 Å². The van der Waals surface area contributed by atoms with Crippen LogP contribution in [0.2, 0.25) is 0 Å². The second kappa shape index (κ2) is 15.1. The number of carbonyl (C=O) groups is 1. The SMILES string of the molecule is [2H]/C(C(=O)C([2H])(CC)CC)=C(/O)C([2H])(CC)CC.[Ir].[c-]1cc2c3c(c1-c1cc4ccccc4cn1)Oc1ccccc1B3c1ccccc1O2. The molecule has 0 bridgehead atoms. The van der Waals surface area contributed by atoms with E-state index in [0.29, 0.717) is 25.7 Å². The summed E-state index contributed by atoms with van der Waals surface area (Å²) in [5, 5.41) is 12.2. The van der Waals surface area contributed by atoms with Gasteiger partial charge in [0.25, 0.3) is 0 Å². The van der Waals surface area contributed by atoms with Crippen LogP contribution < -0.4 is 25.9 Å². The van der Waals surface area contributed by atoms with Gasteiger partial charge in [0.2, 0.25) is 6.71 Å². The molecule has 5 nitrogen and oxygen atoms in total. The minimum absolute atomic E-state index is 0. The van der Waals surface area contributed by atoms with Crippen molar-refractivity contribution in [2.24, 2.45) is 11.8 Å². The Hall–Kier alpha value is -4.19. The number of benzene rings is 4. The van der Waals surface area contributed by atoms with E-state index in [4.69, 9.17) is 18.6 Å². The molecule has 1 aromatic heterocycles. The summed E-state index contributed by atoms with van der Waals surface area (Å²) in [6, 6.07) is 31.5. The number of ether oxygens (including phenoxy) is 2. The van der Waals surface area contributed by atoms with Gasteiger partial charge in [-0.2, -0.15) is 0 Å². The van der Waals surface area contributed by atoms with E-state index >= 15 is 0 Å². The first kappa shape index (κ1) is 30.2. The monoisotopic (exact) mass is 804 g/mol. The molecule has 7 rings (SSSR count). The van der Waals surface area contributed by atoms with Crippen LogP contribution in [0, 0.1) is 17.9 Å². The molecule has 3 heterocycles. The molecule has 1 radical (unpaired) electrons. The second-order valence-corrected chi connectivity index (χ2v) is 11.3. The number of hydrogen-bond donors (Lipinski definition) is 1. The fourth-order valence-electron chi connectivity index (χ4n) is 6.17. The van der Waals surface area contributed by atoms with E-state index in [1.807, 2.05) is 48.7 Å². The number of para-hydroxylation sites is 2. The number of allylic oxidation sites excluding steroid dienone is 2. The summed E-state index contributed by atoms with van der Waals surface area (Å²) in [5.41, 5.74) is 5.04. The number of aliphatic hydroxyl groups is 1. The van der Waals surface area contributed by atoms with Gasteiger partial charge in [-0.3, -0.25) is 4.79 Å². The van der Waals surface area contributed by atoms with E-state index in [9.17, 15) is 9.90 Å². The van der Waals surface area contributed by atoms with Crippen LogP contribution >= 0.6 is 0 Å². The van der Waals surface area contributed by atoms with Crippen molar-refractivity contribution < 1.29 is 43.6 Å². The fraction of sp³-hybridized carbons (Fsp3) is 0.250. The minimum atomic E-state index is -1.37.